The zero-order valence-corrected chi connectivity index (χ0v) is 14.3. The van der Waals surface area contributed by atoms with Gasteiger partial charge in [0.15, 0.2) is 5.78 Å². The number of benzene rings is 2. The van der Waals surface area contributed by atoms with Gasteiger partial charge >= 0.3 is 6.18 Å². The fourth-order valence-corrected chi connectivity index (χ4v) is 3.32. The Bertz CT molecular complexity index is 876. The average molecular weight is 376 g/mol. The molecule has 1 aliphatic heterocycles. The molecule has 0 aromatic heterocycles. The molecule has 140 valence electrons. The standard InChI is InChI=1S/C20H16F4N2O/c21-16-3-1-13(2-4-16)19(27)14-7-9-26(10-8-14)17-5-6-18(20(22,23)24)15(11-17)12-25/h1-6,11,14H,7-10H2. The lowest BCUT2D eigenvalue weighted by atomic mass is 9.88. The Kier molecular flexibility index (Phi) is 5.17. The van der Waals surface area contributed by atoms with Crippen LogP contribution < -0.4 is 4.90 Å². The number of hydrogen-bond acceptors (Lipinski definition) is 3. The third-order valence-corrected chi connectivity index (χ3v) is 4.79. The highest BCUT2D eigenvalue weighted by molar-refractivity contribution is 5.98. The van der Waals surface area contributed by atoms with E-state index in [0.717, 1.165) is 6.07 Å². The van der Waals surface area contributed by atoms with Crippen LogP contribution in [0.25, 0.3) is 0 Å². The maximum atomic E-state index is 13.0. The summed E-state index contributed by atoms with van der Waals surface area (Å²) < 4.78 is 51.7. The minimum atomic E-state index is -4.57. The molecule has 1 aliphatic rings. The second-order valence-electron chi connectivity index (χ2n) is 6.47. The van der Waals surface area contributed by atoms with E-state index in [1.165, 1.54) is 36.4 Å². The number of alkyl halides is 3. The van der Waals surface area contributed by atoms with Crippen LogP contribution in [0.3, 0.4) is 0 Å². The summed E-state index contributed by atoms with van der Waals surface area (Å²) in [5, 5.41) is 9.03. The predicted molar refractivity (Wildman–Crippen MR) is 91.8 cm³/mol. The second kappa shape index (κ2) is 7.39. The Hall–Kier alpha value is -2.88. The van der Waals surface area contributed by atoms with Crippen molar-refractivity contribution in [3.8, 4) is 6.07 Å². The van der Waals surface area contributed by atoms with Gasteiger partial charge in [0.05, 0.1) is 17.2 Å². The second-order valence-corrected chi connectivity index (χ2v) is 6.47. The summed E-state index contributed by atoms with van der Waals surface area (Å²) >= 11 is 0. The quantitative estimate of drug-likeness (QED) is 0.570. The van der Waals surface area contributed by atoms with Crippen molar-refractivity contribution in [3.05, 3.63) is 65.0 Å². The molecule has 3 rings (SSSR count). The molecule has 0 amide bonds. The minimum Gasteiger partial charge on any atom is -0.371 e. The molecule has 0 atom stereocenters. The largest absolute Gasteiger partial charge is 0.417 e. The maximum absolute atomic E-state index is 13.0. The van der Waals surface area contributed by atoms with E-state index in [9.17, 15) is 22.4 Å². The Balaban J connectivity index is 1.70. The van der Waals surface area contributed by atoms with Crippen molar-refractivity contribution in [2.75, 3.05) is 18.0 Å². The maximum Gasteiger partial charge on any atom is 0.417 e. The molecular weight excluding hydrogens is 360 g/mol. The SMILES string of the molecule is N#Cc1cc(N2CCC(C(=O)c3ccc(F)cc3)CC2)ccc1C(F)(F)F. The van der Waals surface area contributed by atoms with E-state index in [1.54, 1.807) is 6.07 Å². The number of carbonyl (C=O) groups is 1. The molecule has 2 aromatic carbocycles. The molecule has 1 saturated heterocycles. The Morgan fingerprint density at radius 2 is 1.70 bits per heavy atom. The van der Waals surface area contributed by atoms with E-state index in [4.69, 9.17) is 5.26 Å². The Morgan fingerprint density at radius 1 is 1.07 bits per heavy atom. The van der Waals surface area contributed by atoms with Gasteiger partial charge in [0.25, 0.3) is 0 Å². The van der Waals surface area contributed by atoms with Crippen molar-refractivity contribution in [1.29, 1.82) is 5.26 Å². The molecule has 3 nitrogen and oxygen atoms in total. The average Bonchev–Trinajstić information content (AvgIpc) is 2.67. The molecule has 0 N–H and O–H groups in total. The molecular formula is C20H16F4N2O. The lowest BCUT2D eigenvalue weighted by Gasteiger charge is -2.33. The monoisotopic (exact) mass is 376 g/mol. The number of halogens is 4. The van der Waals surface area contributed by atoms with Crippen molar-refractivity contribution >= 4 is 11.5 Å². The van der Waals surface area contributed by atoms with Gasteiger partial charge in [-0.15, -0.1) is 0 Å². The number of nitriles is 1. The molecule has 1 fully saturated rings. The van der Waals surface area contributed by atoms with Gasteiger partial charge < -0.3 is 4.90 Å². The van der Waals surface area contributed by atoms with E-state index in [0.29, 0.717) is 37.2 Å². The highest BCUT2D eigenvalue weighted by atomic mass is 19.4. The molecule has 0 spiro atoms. The number of ketones is 1. The molecule has 27 heavy (non-hydrogen) atoms. The number of piperidine rings is 1. The van der Waals surface area contributed by atoms with Gasteiger partial charge in [-0.3, -0.25) is 4.79 Å². The number of Topliss-reactive ketones (excluding diaryl/α,β-unsaturated/α-hetero) is 1. The molecule has 1 heterocycles. The van der Waals surface area contributed by atoms with Crippen LogP contribution in [0.4, 0.5) is 23.2 Å². The zero-order chi connectivity index (χ0) is 19.6. The normalized spacial score (nSPS) is 15.4. The predicted octanol–water partition coefficient (Wildman–Crippen LogP) is 4.82. The first kappa shape index (κ1) is 18.9. The molecule has 0 saturated carbocycles. The number of hydrogen-bond donors (Lipinski definition) is 0. The van der Waals surface area contributed by atoms with E-state index >= 15 is 0 Å². The first-order valence-electron chi connectivity index (χ1n) is 8.45. The topological polar surface area (TPSA) is 44.1 Å². The zero-order valence-electron chi connectivity index (χ0n) is 14.3. The van der Waals surface area contributed by atoms with Crippen LogP contribution >= 0.6 is 0 Å². The summed E-state index contributed by atoms with van der Waals surface area (Å²) in [4.78, 5) is 14.4. The third-order valence-electron chi connectivity index (χ3n) is 4.79. The van der Waals surface area contributed by atoms with Crippen molar-refractivity contribution < 1.29 is 22.4 Å². The van der Waals surface area contributed by atoms with E-state index < -0.39 is 23.1 Å². The highest BCUT2D eigenvalue weighted by Crippen LogP contribution is 2.34. The van der Waals surface area contributed by atoms with Crippen molar-refractivity contribution in [3.63, 3.8) is 0 Å². The first-order chi connectivity index (χ1) is 12.8. The number of nitrogens with zero attached hydrogens (tertiary/aromatic N) is 2. The van der Waals surface area contributed by atoms with Crippen LogP contribution in [0.1, 0.15) is 34.3 Å². The number of carbonyl (C=O) groups excluding carboxylic acids is 1. The summed E-state index contributed by atoms with van der Waals surface area (Å²) in [6.45, 7) is 0.988. The van der Waals surface area contributed by atoms with Gasteiger partial charge in [-0.05, 0) is 55.3 Å². The molecule has 0 aliphatic carbocycles. The first-order valence-corrected chi connectivity index (χ1v) is 8.45. The number of anilines is 1. The third kappa shape index (κ3) is 4.11. The van der Waals surface area contributed by atoms with Crippen LogP contribution in [0, 0.1) is 23.1 Å². The van der Waals surface area contributed by atoms with Crippen LogP contribution in [-0.2, 0) is 6.18 Å². The fraction of sp³-hybridized carbons (Fsp3) is 0.300. The lowest BCUT2D eigenvalue weighted by molar-refractivity contribution is -0.137. The summed E-state index contributed by atoms with van der Waals surface area (Å²) in [7, 11) is 0. The molecule has 0 unspecified atom stereocenters. The van der Waals surface area contributed by atoms with E-state index in [-0.39, 0.29) is 11.7 Å². The van der Waals surface area contributed by atoms with Gasteiger partial charge in [0.1, 0.15) is 5.82 Å². The van der Waals surface area contributed by atoms with Gasteiger partial charge in [0.2, 0.25) is 0 Å². The van der Waals surface area contributed by atoms with E-state index in [2.05, 4.69) is 0 Å². The fourth-order valence-electron chi connectivity index (χ4n) is 3.32. The Morgan fingerprint density at radius 3 is 2.26 bits per heavy atom. The van der Waals surface area contributed by atoms with Gasteiger partial charge in [0, 0.05) is 30.3 Å². The lowest BCUT2D eigenvalue weighted by Crippen LogP contribution is -2.36. The number of rotatable bonds is 3. The van der Waals surface area contributed by atoms with Crippen LogP contribution in [0.2, 0.25) is 0 Å². The van der Waals surface area contributed by atoms with Gasteiger partial charge in [-0.2, -0.15) is 18.4 Å². The highest BCUT2D eigenvalue weighted by Gasteiger charge is 2.34. The van der Waals surface area contributed by atoms with Gasteiger partial charge in [-0.1, -0.05) is 0 Å². The summed E-state index contributed by atoms with van der Waals surface area (Å²) in [5.74, 6) is -0.673. The summed E-state index contributed by atoms with van der Waals surface area (Å²) in [5.41, 5.74) is -0.372. The van der Waals surface area contributed by atoms with E-state index in [1.807, 2.05) is 4.90 Å². The summed E-state index contributed by atoms with van der Waals surface area (Å²) in [6.07, 6.45) is -3.49. The van der Waals surface area contributed by atoms with Crippen molar-refractivity contribution in [1.82, 2.24) is 0 Å². The molecule has 2 aromatic rings. The van der Waals surface area contributed by atoms with Crippen molar-refractivity contribution in [2.45, 2.75) is 19.0 Å². The molecule has 0 radical (unpaired) electrons. The van der Waals surface area contributed by atoms with Crippen LogP contribution in [-0.4, -0.2) is 18.9 Å². The minimum absolute atomic E-state index is 0.0558. The Labute approximate surface area is 153 Å². The van der Waals surface area contributed by atoms with Gasteiger partial charge in [-0.25, -0.2) is 4.39 Å². The van der Waals surface area contributed by atoms with Crippen LogP contribution in [0.5, 0.6) is 0 Å². The molecule has 0 bridgehead atoms. The van der Waals surface area contributed by atoms with Crippen molar-refractivity contribution in [2.24, 2.45) is 5.92 Å². The van der Waals surface area contributed by atoms with Crippen LogP contribution in [0.15, 0.2) is 42.5 Å². The molecule has 7 heteroatoms. The summed E-state index contributed by atoms with van der Waals surface area (Å²) in [6, 6.07) is 10.5. The smallest absolute Gasteiger partial charge is 0.371 e.